The van der Waals surface area contributed by atoms with Crippen LogP contribution in [0.3, 0.4) is 0 Å². The number of aryl methyl sites for hydroxylation is 1. The van der Waals surface area contributed by atoms with Crippen LogP contribution >= 0.6 is 0 Å². The van der Waals surface area contributed by atoms with E-state index >= 15 is 0 Å². The Labute approximate surface area is 219 Å². The molecule has 194 valence electrons. The van der Waals surface area contributed by atoms with E-state index in [0.717, 1.165) is 28.7 Å². The topological polar surface area (TPSA) is 117 Å². The van der Waals surface area contributed by atoms with Gasteiger partial charge in [-0.2, -0.15) is 5.26 Å². The fraction of sp³-hybridized carbons (Fsp3) is 0.393. The van der Waals surface area contributed by atoms with Crippen molar-refractivity contribution in [3.8, 4) is 6.07 Å². The minimum Gasteiger partial charge on any atom is -0.426 e. The number of nitrogens with one attached hydrogen (secondary N) is 1. The fourth-order valence-corrected chi connectivity index (χ4v) is 4.51. The third kappa shape index (κ3) is 7.77. The second kappa shape index (κ2) is 13.2. The first-order chi connectivity index (χ1) is 17.7. The molecule has 0 aromatic heterocycles. The van der Waals surface area contributed by atoms with Crippen LogP contribution in [0, 0.1) is 18.3 Å². The Bertz CT molecular complexity index is 1170. The largest absolute Gasteiger partial charge is 0.475 e. The van der Waals surface area contributed by atoms with Crippen LogP contribution in [0.25, 0.3) is 6.08 Å². The highest BCUT2D eigenvalue weighted by atomic mass is 16.4. The molecule has 1 aliphatic rings. The maximum atomic E-state index is 12.8. The van der Waals surface area contributed by atoms with E-state index in [4.69, 9.17) is 0 Å². The third-order valence-corrected chi connectivity index (χ3v) is 6.68. The number of nitriles is 1. The van der Waals surface area contributed by atoms with E-state index in [1.54, 1.807) is 11.0 Å². The summed E-state index contributed by atoms with van der Waals surface area (Å²) in [6.07, 6.45) is 2.70. The highest BCUT2D eigenvalue weighted by molar-refractivity contribution is 6.43. The molecule has 0 aliphatic carbocycles. The average Bonchev–Trinajstić information content (AvgIpc) is 2.88. The van der Waals surface area contributed by atoms with Gasteiger partial charge in [0.2, 0.25) is 5.91 Å². The van der Waals surface area contributed by atoms with Gasteiger partial charge in [-0.25, -0.2) is 0 Å². The van der Waals surface area contributed by atoms with Crippen LogP contribution in [0.5, 0.6) is 0 Å². The fourth-order valence-electron chi connectivity index (χ4n) is 4.51. The van der Waals surface area contributed by atoms with Crippen molar-refractivity contribution in [3.63, 3.8) is 0 Å². The smallest absolute Gasteiger partial charge is 0.426 e. The van der Waals surface area contributed by atoms with Crippen LogP contribution in [0.1, 0.15) is 41.7 Å². The zero-order valence-electron chi connectivity index (χ0n) is 21.8. The van der Waals surface area contributed by atoms with Gasteiger partial charge < -0.3 is 20.3 Å². The Morgan fingerprint density at radius 2 is 1.86 bits per heavy atom. The zero-order valence-corrected chi connectivity index (χ0v) is 21.8. The Morgan fingerprint density at radius 1 is 1.16 bits per heavy atom. The molecule has 2 amide bonds. The van der Waals surface area contributed by atoms with Crippen LogP contribution in [-0.4, -0.2) is 70.9 Å². The number of hydrogen-bond acceptors (Lipinski definition) is 6. The summed E-state index contributed by atoms with van der Waals surface area (Å²) in [5.41, 5.74) is 5.09. The number of rotatable bonds is 10. The lowest BCUT2D eigenvalue weighted by atomic mass is 9.76. The molecule has 1 atom stereocenters. The molecule has 3 N–H and O–H groups in total. The SMILES string of the molecule is CCN(CC)C(=O)/C(C#N)=C/c1ccc2c(c1)CN(CC(=O)N[C@@H](Cc1ccc(C)cc1)B(O)O)CC2. The molecular formula is C28H35BN4O4. The number of benzene rings is 2. The zero-order chi connectivity index (χ0) is 26.9. The van der Waals surface area contributed by atoms with E-state index in [-0.39, 0.29) is 23.9 Å². The van der Waals surface area contributed by atoms with Crippen molar-refractivity contribution in [1.29, 1.82) is 5.26 Å². The van der Waals surface area contributed by atoms with E-state index in [1.165, 1.54) is 5.56 Å². The lowest BCUT2D eigenvalue weighted by molar-refractivity contribution is -0.126. The van der Waals surface area contributed by atoms with E-state index in [9.17, 15) is 24.9 Å². The van der Waals surface area contributed by atoms with Crippen molar-refractivity contribution in [2.75, 3.05) is 26.2 Å². The van der Waals surface area contributed by atoms with Crippen LogP contribution in [0.2, 0.25) is 0 Å². The van der Waals surface area contributed by atoms with Gasteiger partial charge in [-0.1, -0.05) is 48.0 Å². The minimum atomic E-state index is -1.67. The number of likely N-dealkylation sites (N-methyl/N-ethyl adjacent to an activating group) is 1. The number of hydrogen-bond donors (Lipinski definition) is 3. The molecule has 0 saturated carbocycles. The normalized spacial score (nSPS) is 14.3. The Kier molecular flexibility index (Phi) is 10.0. The highest BCUT2D eigenvalue weighted by Gasteiger charge is 2.27. The predicted octanol–water partition coefficient (Wildman–Crippen LogP) is 1.87. The molecule has 0 spiro atoms. The van der Waals surface area contributed by atoms with Crippen molar-refractivity contribution < 1.29 is 19.6 Å². The quantitative estimate of drug-likeness (QED) is 0.260. The Hall–Kier alpha value is -3.45. The van der Waals surface area contributed by atoms with E-state index in [1.807, 2.05) is 74.2 Å². The molecule has 9 heteroatoms. The van der Waals surface area contributed by atoms with Crippen molar-refractivity contribution in [1.82, 2.24) is 15.1 Å². The van der Waals surface area contributed by atoms with Gasteiger partial charge in [-0.05, 0) is 61.9 Å². The Morgan fingerprint density at radius 3 is 2.49 bits per heavy atom. The summed E-state index contributed by atoms with van der Waals surface area (Å²) in [5, 5.41) is 31.9. The van der Waals surface area contributed by atoms with Crippen molar-refractivity contribution >= 4 is 25.0 Å². The number of amides is 2. The summed E-state index contributed by atoms with van der Waals surface area (Å²) < 4.78 is 0. The molecule has 0 unspecified atom stereocenters. The summed E-state index contributed by atoms with van der Waals surface area (Å²) >= 11 is 0. The first-order valence-corrected chi connectivity index (χ1v) is 12.7. The molecule has 0 radical (unpaired) electrons. The molecule has 8 nitrogen and oxygen atoms in total. The van der Waals surface area contributed by atoms with Gasteiger partial charge >= 0.3 is 7.12 Å². The van der Waals surface area contributed by atoms with Gasteiger partial charge in [0.15, 0.2) is 0 Å². The van der Waals surface area contributed by atoms with Crippen LogP contribution in [-0.2, 0) is 29.0 Å². The molecule has 0 saturated heterocycles. The number of carbonyl (C=O) groups is 2. The molecule has 2 aromatic rings. The van der Waals surface area contributed by atoms with E-state index in [0.29, 0.717) is 32.6 Å². The molecule has 1 aliphatic heterocycles. The standard InChI is InChI=1S/C28H35BN4O4/c1-4-33(5-2)28(35)24(17-30)14-22-10-11-23-12-13-32(18-25(23)15-22)19-27(34)31-26(29(36)37)16-21-8-6-20(3)7-9-21/h6-11,14-15,26,36-37H,4-5,12-13,16,18-19H2,1-3H3,(H,31,34)/b24-14+/t26-/m0/s1. The first kappa shape index (κ1) is 28.1. The maximum absolute atomic E-state index is 12.8. The number of nitrogens with zero attached hydrogens (tertiary/aromatic N) is 3. The number of carbonyl (C=O) groups excluding carboxylic acids is 2. The summed E-state index contributed by atoms with van der Waals surface area (Å²) in [5.74, 6) is -1.37. The van der Waals surface area contributed by atoms with E-state index in [2.05, 4.69) is 5.32 Å². The van der Waals surface area contributed by atoms with Gasteiger partial charge in [0.05, 0.1) is 12.5 Å². The van der Waals surface area contributed by atoms with Gasteiger partial charge in [0.1, 0.15) is 11.6 Å². The lowest BCUT2D eigenvalue weighted by Crippen LogP contribution is -2.51. The summed E-state index contributed by atoms with van der Waals surface area (Å²) in [6.45, 7) is 8.18. The van der Waals surface area contributed by atoms with Gasteiger partial charge in [0.25, 0.3) is 5.91 Å². The van der Waals surface area contributed by atoms with Crippen LogP contribution < -0.4 is 5.32 Å². The van der Waals surface area contributed by atoms with E-state index < -0.39 is 13.1 Å². The first-order valence-electron chi connectivity index (χ1n) is 12.7. The molecule has 0 bridgehead atoms. The Balaban J connectivity index is 1.65. The molecule has 3 rings (SSSR count). The highest BCUT2D eigenvalue weighted by Crippen LogP contribution is 2.22. The number of fused-ring (bicyclic) bond motifs is 1. The lowest BCUT2D eigenvalue weighted by Gasteiger charge is -2.29. The van der Waals surface area contributed by atoms with Crippen molar-refractivity contribution in [2.45, 2.75) is 46.1 Å². The molecule has 0 fully saturated rings. The molecule has 37 heavy (non-hydrogen) atoms. The summed E-state index contributed by atoms with van der Waals surface area (Å²) in [4.78, 5) is 29.0. The van der Waals surface area contributed by atoms with Crippen molar-refractivity contribution in [3.05, 3.63) is 75.9 Å². The monoisotopic (exact) mass is 502 g/mol. The predicted molar refractivity (Wildman–Crippen MR) is 144 cm³/mol. The second-order valence-corrected chi connectivity index (χ2v) is 9.41. The molecule has 2 aromatic carbocycles. The van der Waals surface area contributed by atoms with Crippen LogP contribution in [0.15, 0.2) is 48.0 Å². The van der Waals surface area contributed by atoms with Gasteiger partial charge in [-0.3, -0.25) is 14.5 Å². The molecule has 1 heterocycles. The summed E-state index contributed by atoms with van der Waals surface area (Å²) in [6, 6.07) is 15.6. The molecular weight excluding hydrogens is 467 g/mol. The maximum Gasteiger partial charge on any atom is 0.475 e. The van der Waals surface area contributed by atoms with Gasteiger partial charge in [-0.15, -0.1) is 0 Å². The minimum absolute atomic E-state index is 0.0953. The second-order valence-electron chi connectivity index (χ2n) is 9.41. The van der Waals surface area contributed by atoms with Gasteiger partial charge in [0, 0.05) is 26.2 Å². The third-order valence-electron chi connectivity index (χ3n) is 6.68. The van der Waals surface area contributed by atoms with Crippen molar-refractivity contribution in [2.24, 2.45) is 0 Å². The average molecular weight is 502 g/mol. The summed E-state index contributed by atoms with van der Waals surface area (Å²) in [7, 11) is -1.67. The van der Waals surface area contributed by atoms with Crippen LogP contribution in [0.4, 0.5) is 0 Å².